The van der Waals surface area contributed by atoms with Gasteiger partial charge < -0.3 is 10.6 Å². The number of hydrogen-bond acceptors (Lipinski definition) is 6. The third-order valence-electron chi connectivity index (χ3n) is 3.00. The first-order chi connectivity index (χ1) is 9.95. The van der Waals surface area contributed by atoms with Gasteiger partial charge in [-0.1, -0.05) is 6.07 Å². The van der Waals surface area contributed by atoms with Gasteiger partial charge in [0.05, 0.1) is 10.5 Å². The molecule has 0 aliphatic heterocycles. The summed E-state index contributed by atoms with van der Waals surface area (Å²) in [5.41, 5.74) is 0.578. The molecular formula is C14H18N4O2S. The molecule has 0 spiro atoms. The molecule has 1 heterocycles. The van der Waals surface area contributed by atoms with Crippen LogP contribution in [0.1, 0.15) is 25.8 Å². The van der Waals surface area contributed by atoms with Crippen LogP contribution in [0.15, 0.2) is 29.8 Å². The highest BCUT2D eigenvalue weighted by molar-refractivity contribution is 7.09. The average Bonchev–Trinajstić information content (AvgIpc) is 2.93. The number of benzene rings is 1. The van der Waals surface area contributed by atoms with Gasteiger partial charge in [-0.05, 0) is 32.9 Å². The second kappa shape index (κ2) is 6.09. The third-order valence-corrected chi connectivity index (χ3v) is 4.10. The molecule has 7 heteroatoms. The molecule has 2 aromatic rings. The molecular weight excluding hydrogens is 288 g/mol. The topological polar surface area (TPSA) is 80.1 Å². The van der Waals surface area contributed by atoms with Crippen LogP contribution in [-0.4, -0.2) is 16.5 Å². The van der Waals surface area contributed by atoms with Gasteiger partial charge in [-0.15, -0.1) is 11.3 Å². The number of aromatic nitrogens is 1. The summed E-state index contributed by atoms with van der Waals surface area (Å²) in [6.07, 6.45) is 1.73. The van der Waals surface area contributed by atoms with E-state index in [4.69, 9.17) is 0 Å². The van der Waals surface area contributed by atoms with Crippen molar-refractivity contribution >= 4 is 28.4 Å². The number of para-hydroxylation sites is 1. The Morgan fingerprint density at radius 3 is 2.67 bits per heavy atom. The van der Waals surface area contributed by atoms with Crippen LogP contribution in [0.2, 0.25) is 0 Å². The van der Waals surface area contributed by atoms with Crippen LogP contribution in [0.25, 0.3) is 0 Å². The van der Waals surface area contributed by atoms with E-state index < -0.39 is 5.54 Å². The Morgan fingerprint density at radius 1 is 1.38 bits per heavy atom. The van der Waals surface area contributed by atoms with Gasteiger partial charge in [0.2, 0.25) is 0 Å². The molecule has 0 atom stereocenters. The molecule has 21 heavy (non-hydrogen) atoms. The summed E-state index contributed by atoms with van der Waals surface area (Å²) >= 11 is 1.52. The predicted molar refractivity (Wildman–Crippen MR) is 86.0 cm³/mol. The normalized spacial score (nSPS) is 11.2. The molecule has 1 aromatic heterocycles. The van der Waals surface area contributed by atoms with Crippen molar-refractivity contribution in [2.24, 2.45) is 0 Å². The van der Waals surface area contributed by atoms with E-state index in [9.17, 15) is 10.1 Å². The van der Waals surface area contributed by atoms with E-state index in [1.807, 2.05) is 26.2 Å². The first-order valence-corrected chi connectivity index (χ1v) is 7.53. The molecule has 2 N–H and O–H groups in total. The van der Waals surface area contributed by atoms with Gasteiger partial charge in [0.15, 0.2) is 0 Å². The maximum atomic E-state index is 11.4. The molecule has 6 nitrogen and oxygen atoms in total. The quantitative estimate of drug-likeness (QED) is 0.626. The number of hydrogen-bond donors (Lipinski definition) is 2. The van der Waals surface area contributed by atoms with Crippen molar-refractivity contribution in [3.63, 3.8) is 0 Å². The zero-order valence-corrected chi connectivity index (χ0v) is 13.0. The van der Waals surface area contributed by atoms with Crippen LogP contribution in [0, 0.1) is 10.1 Å². The highest BCUT2D eigenvalue weighted by atomic mass is 32.1. The van der Waals surface area contributed by atoms with E-state index in [0.29, 0.717) is 17.9 Å². The highest BCUT2D eigenvalue weighted by Gasteiger charge is 2.28. The lowest BCUT2D eigenvalue weighted by Crippen LogP contribution is -2.28. The lowest BCUT2D eigenvalue weighted by Gasteiger charge is -2.25. The molecule has 0 radical (unpaired) electrons. The van der Waals surface area contributed by atoms with Gasteiger partial charge in [-0.3, -0.25) is 10.1 Å². The predicted octanol–water partition coefficient (Wildman–Crippen LogP) is 3.83. The summed E-state index contributed by atoms with van der Waals surface area (Å²) in [5.74, 6) is 0. The monoisotopic (exact) mass is 306 g/mol. The molecule has 0 amide bonds. The fourth-order valence-electron chi connectivity index (χ4n) is 2.10. The Bertz CT molecular complexity index is 626. The number of nitrogens with one attached hydrogen (secondary N) is 2. The number of thiazole rings is 1. The summed E-state index contributed by atoms with van der Waals surface area (Å²) in [4.78, 5) is 15.3. The molecule has 1 aromatic carbocycles. The second-order valence-corrected chi connectivity index (χ2v) is 5.97. The number of nitro groups is 1. The number of rotatable bonds is 6. The Morgan fingerprint density at radius 2 is 2.10 bits per heavy atom. The van der Waals surface area contributed by atoms with E-state index in [-0.39, 0.29) is 10.6 Å². The van der Waals surface area contributed by atoms with Crippen molar-refractivity contribution in [2.45, 2.75) is 26.3 Å². The van der Waals surface area contributed by atoms with Gasteiger partial charge in [0.25, 0.3) is 0 Å². The molecule has 0 bridgehead atoms. The summed E-state index contributed by atoms with van der Waals surface area (Å²) in [6.45, 7) is 6.44. The zero-order chi connectivity index (χ0) is 15.5. The third kappa shape index (κ3) is 3.30. The van der Waals surface area contributed by atoms with E-state index in [1.165, 1.54) is 11.3 Å². The largest absolute Gasteiger partial charge is 0.380 e. The summed E-state index contributed by atoms with van der Waals surface area (Å²) < 4.78 is 0. The minimum Gasteiger partial charge on any atom is -0.380 e. The van der Waals surface area contributed by atoms with Gasteiger partial charge in [-0.2, -0.15) is 0 Å². The van der Waals surface area contributed by atoms with E-state index >= 15 is 0 Å². The van der Waals surface area contributed by atoms with E-state index in [1.54, 1.807) is 24.4 Å². The van der Waals surface area contributed by atoms with E-state index in [2.05, 4.69) is 15.6 Å². The van der Waals surface area contributed by atoms with Crippen LogP contribution >= 0.6 is 11.3 Å². The van der Waals surface area contributed by atoms with Crippen molar-refractivity contribution in [3.05, 3.63) is 44.9 Å². The Labute approximate surface area is 127 Å². The standard InChI is InChI=1S/C14H18N4O2S/c1-4-15-10-6-5-7-11(12(10)18(19)20)17-14(2,3)13-16-8-9-21-13/h5-9,15,17H,4H2,1-3H3. The fourth-order valence-corrected chi connectivity index (χ4v) is 2.81. The average molecular weight is 306 g/mol. The van der Waals surface area contributed by atoms with Crippen LogP contribution in [-0.2, 0) is 5.54 Å². The van der Waals surface area contributed by atoms with Gasteiger partial charge >= 0.3 is 5.69 Å². The van der Waals surface area contributed by atoms with Crippen molar-refractivity contribution < 1.29 is 4.92 Å². The van der Waals surface area contributed by atoms with Gasteiger partial charge in [0, 0.05) is 18.1 Å². The van der Waals surface area contributed by atoms with Crippen molar-refractivity contribution in [2.75, 3.05) is 17.2 Å². The minimum absolute atomic E-state index is 0.0592. The van der Waals surface area contributed by atoms with Crippen LogP contribution in [0.5, 0.6) is 0 Å². The first-order valence-electron chi connectivity index (χ1n) is 6.65. The zero-order valence-electron chi connectivity index (χ0n) is 12.2. The van der Waals surface area contributed by atoms with E-state index in [0.717, 1.165) is 5.01 Å². The minimum atomic E-state index is -0.482. The Hall–Kier alpha value is -2.15. The Balaban J connectivity index is 2.40. The summed E-state index contributed by atoms with van der Waals surface area (Å²) in [7, 11) is 0. The number of nitro benzene ring substituents is 1. The lowest BCUT2D eigenvalue weighted by molar-refractivity contribution is -0.383. The van der Waals surface area contributed by atoms with Crippen LogP contribution < -0.4 is 10.6 Å². The first kappa shape index (κ1) is 15.2. The van der Waals surface area contributed by atoms with Gasteiger partial charge in [-0.25, -0.2) is 4.98 Å². The molecule has 0 unspecified atom stereocenters. The number of anilines is 2. The maximum absolute atomic E-state index is 11.4. The summed E-state index contributed by atoms with van der Waals surface area (Å²) in [6, 6.07) is 5.22. The molecule has 112 valence electrons. The van der Waals surface area contributed by atoms with Crippen LogP contribution in [0.4, 0.5) is 17.1 Å². The van der Waals surface area contributed by atoms with Crippen LogP contribution in [0.3, 0.4) is 0 Å². The van der Waals surface area contributed by atoms with Crippen molar-refractivity contribution in [1.29, 1.82) is 0 Å². The molecule has 0 saturated heterocycles. The highest BCUT2D eigenvalue weighted by Crippen LogP contribution is 2.36. The molecule has 0 aliphatic carbocycles. The summed E-state index contributed by atoms with van der Waals surface area (Å²) in [5, 5.41) is 20.4. The molecule has 0 saturated carbocycles. The fraction of sp³-hybridized carbons (Fsp3) is 0.357. The van der Waals surface area contributed by atoms with Crippen molar-refractivity contribution in [3.8, 4) is 0 Å². The number of nitrogens with zero attached hydrogens (tertiary/aromatic N) is 2. The lowest BCUT2D eigenvalue weighted by atomic mass is 10.1. The molecule has 0 fully saturated rings. The smallest absolute Gasteiger partial charge is 0.315 e. The molecule has 2 rings (SSSR count). The Kier molecular flexibility index (Phi) is 4.42. The second-order valence-electron chi connectivity index (χ2n) is 5.08. The van der Waals surface area contributed by atoms with Gasteiger partial charge in [0.1, 0.15) is 16.4 Å². The van der Waals surface area contributed by atoms with Crippen molar-refractivity contribution in [1.82, 2.24) is 4.98 Å². The maximum Gasteiger partial charge on any atom is 0.315 e. The SMILES string of the molecule is CCNc1cccc(NC(C)(C)c2nccs2)c1[N+](=O)[O-]. The molecule has 0 aliphatic rings.